The van der Waals surface area contributed by atoms with Gasteiger partial charge >= 0.3 is 0 Å². The lowest BCUT2D eigenvalue weighted by Crippen LogP contribution is -2.52. The van der Waals surface area contributed by atoms with Crippen LogP contribution < -0.4 is 11.1 Å². The molecule has 1 aromatic heterocycles. The summed E-state index contributed by atoms with van der Waals surface area (Å²) in [6, 6.07) is 4.79. The summed E-state index contributed by atoms with van der Waals surface area (Å²) in [5.74, 6) is -0.547. The Morgan fingerprint density at radius 3 is 2.80 bits per heavy atom. The number of fused-ring (bicyclic) bond motifs is 1. The molecule has 3 N–H and O–H groups in total. The van der Waals surface area contributed by atoms with Gasteiger partial charge in [0.05, 0.1) is 11.1 Å². The van der Waals surface area contributed by atoms with Crippen LogP contribution in [0, 0.1) is 5.82 Å². The molecule has 1 aliphatic carbocycles. The average Bonchev–Trinajstić information content (AvgIpc) is 2.72. The highest BCUT2D eigenvalue weighted by atomic mass is 32.1. The number of halogens is 1. The number of nitrogens with one attached hydrogen (secondary N) is 1. The molecule has 1 aliphatic rings. The highest BCUT2D eigenvalue weighted by Crippen LogP contribution is 2.38. The minimum Gasteiger partial charge on any atom is -0.397 e. The summed E-state index contributed by atoms with van der Waals surface area (Å²) in [5.41, 5.74) is 6.14. The molecule has 3 nitrogen and oxygen atoms in total. The molecule has 0 aliphatic heterocycles. The molecule has 1 heterocycles. The van der Waals surface area contributed by atoms with Crippen molar-refractivity contribution in [3.63, 3.8) is 0 Å². The van der Waals surface area contributed by atoms with Crippen molar-refractivity contribution in [3.05, 3.63) is 28.9 Å². The summed E-state index contributed by atoms with van der Waals surface area (Å²) >= 11 is 1.25. The van der Waals surface area contributed by atoms with E-state index in [1.165, 1.54) is 17.4 Å². The summed E-state index contributed by atoms with van der Waals surface area (Å²) in [4.78, 5) is 12.8. The monoisotopic (exact) mass is 292 g/mol. The first-order valence-corrected chi connectivity index (χ1v) is 7.67. The molecule has 20 heavy (non-hydrogen) atoms. The molecule has 0 radical (unpaired) electrons. The van der Waals surface area contributed by atoms with Gasteiger partial charge in [0.25, 0.3) is 5.91 Å². The number of thiophene rings is 1. The molecule has 0 atom stereocenters. The van der Waals surface area contributed by atoms with Crippen LogP contribution in [-0.4, -0.2) is 11.4 Å². The van der Waals surface area contributed by atoms with Crippen LogP contribution in [0.3, 0.4) is 0 Å². The van der Waals surface area contributed by atoms with E-state index in [2.05, 4.69) is 12.2 Å². The van der Waals surface area contributed by atoms with Gasteiger partial charge in [-0.1, -0.05) is 13.0 Å². The molecule has 0 saturated heterocycles. The second-order valence-corrected chi connectivity index (χ2v) is 6.45. The molecular formula is C15H17FN2OS. The van der Waals surface area contributed by atoms with Crippen molar-refractivity contribution in [2.24, 2.45) is 0 Å². The van der Waals surface area contributed by atoms with E-state index in [4.69, 9.17) is 5.73 Å². The Kier molecular flexibility index (Phi) is 3.17. The first-order chi connectivity index (χ1) is 9.56. The topological polar surface area (TPSA) is 55.1 Å². The average molecular weight is 292 g/mol. The van der Waals surface area contributed by atoms with Gasteiger partial charge in [-0.25, -0.2) is 4.39 Å². The lowest BCUT2D eigenvalue weighted by atomic mass is 9.75. The van der Waals surface area contributed by atoms with E-state index >= 15 is 0 Å². The van der Waals surface area contributed by atoms with Gasteiger partial charge in [0.1, 0.15) is 10.7 Å². The molecule has 1 aromatic carbocycles. The van der Waals surface area contributed by atoms with Crippen LogP contribution in [0.2, 0.25) is 0 Å². The fraction of sp³-hybridized carbons (Fsp3) is 0.400. The second-order valence-electron chi connectivity index (χ2n) is 5.40. The smallest absolute Gasteiger partial charge is 0.263 e. The maximum atomic E-state index is 13.8. The third-order valence-corrected chi connectivity index (χ3v) is 5.44. The highest BCUT2D eigenvalue weighted by Gasteiger charge is 2.37. The largest absolute Gasteiger partial charge is 0.397 e. The molecule has 3 rings (SSSR count). The molecule has 1 amide bonds. The van der Waals surface area contributed by atoms with Gasteiger partial charge in [-0.3, -0.25) is 4.79 Å². The van der Waals surface area contributed by atoms with Crippen LogP contribution in [0.4, 0.5) is 10.1 Å². The van der Waals surface area contributed by atoms with E-state index < -0.39 is 0 Å². The van der Waals surface area contributed by atoms with Crippen LogP contribution in [0.1, 0.15) is 42.3 Å². The lowest BCUT2D eigenvalue weighted by molar-refractivity contribution is 0.0825. The third kappa shape index (κ3) is 1.97. The van der Waals surface area contributed by atoms with Gasteiger partial charge in [0, 0.05) is 10.2 Å². The number of rotatable bonds is 3. The van der Waals surface area contributed by atoms with Crippen molar-refractivity contribution < 1.29 is 9.18 Å². The molecule has 0 spiro atoms. The maximum absolute atomic E-state index is 13.8. The van der Waals surface area contributed by atoms with Gasteiger partial charge < -0.3 is 11.1 Å². The van der Waals surface area contributed by atoms with Gasteiger partial charge in [-0.05, 0) is 37.8 Å². The summed E-state index contributed by atoms with van der Waals surface area (Å²) in [6.45, 7) is 2.08. The van der Waals surface area contributed by atoms with E-state index in [9.17, 15) is 9.18 Å². The van der Waals surface area contributed by atoms with Gasteiger partial charge in [0.15, 0.2) is 0 Å². The lowest BCUT2D eigenvalue weighted by Gasteiger charge is -2.41. The Bertz CT molecular complexity index is 670. The van der Waals surface area contributed by atoms with E-state index in [1.54, 1.807) is 12.1 Å². The molecule has 106 valence electrons. The number of nitrogens with two attached hydrogens (primary N) is 1. The predicted octanol–water partition coefficient (Wildman–Crippen LogP) is 3.69. The number of benzene rings is 1. The van der Waals surface area contributed by atoms with E-state index in [0.29, 0.717) is 15.0 Å². The van der Waals surface area contributed by atoms with Crippen LogP contribution in [0.15, 0.2) is 18.2 Å². The Balaban J connectivity index is 1.96. The summed E-state index contributed by atoms with van der Waals surface area (Å²) in [6.07, 6.45) is 4.07. The second kappa shape index (κ2) is 4.74. The molecule has 1 saturated carbocycles. The minimum atomic E-state index is -0.371. The van der Waals surface area contributed by atoms with Crippen LogP contribution in [-0.2, 0) is 0 Å². The van der Waals surface area contributed by atoms with Crippen LogP contribution in [0.25, 0.3) is 10.1 Å². The Labute approximate surface area is 121 Å². The normalized spacial score (nSPS) is 16.9. The zero-order chi connectivity index (χ0) is 14.3. The number of hydrogen-bond acceptors (Lipinski definition) is 3. The first-order valence-electron chi connectivity index (χ1n) is 6.85. The van der Waals surface area contributed by atoms with Gasteiger partial charge in [-0.2, -0.15) is 0 Å². The quantitative estimate of drug-likeness (QED) is 0.906. The predicted molar refractivity (Wildman–Crippen MR) is 80.5 cm³/mol. The van der Waals surface area contributed by atoms with Gasteiger partial charge in [0.2, 0.25) is 0 Å². The highest BCUT2D eigenvalue weighted by molar-refractivity contribution is 7.21. The number of hydrogen-bond donors (Lipinski definition) is 2. The Morgan fingerprint density at radius 1 is 1.50 bits per heavy atom. The van der Waals surface area contributed by atoms with Crippen molar-refractivity contribution in [2.45, 2.75) is 38.1 Å². The Hall–Kier alpha value is -1.62. The van der Waals surface area contributed by atoms with Crippen LogP contribution in [0.5, 0.6) is 0 Å². The fourth-order valence-corrected chi connectivity index (χ4v) is 3.80. The number of anilines is 1. The summed E-state index contributed by atoms with van der Waals surface area (Å²) in [7, 11) is 0. The van der Waals surface area contributed by atoms with Crippen molar-refractivity contribution in [3.8, 4) is 0 Å². The third-order valence-electron chi connectivity index (χ3n) is 4.27. The van der Waals surface area contributed by atoms with E-state index in [-0.39, 0.29) is 23.0 Å². The first kappa shape index (κ1) is 13.4. The molecule has 0 bridgehead atoms. The van der Waals surface area contributed by atoms with Crippen molar-refractivity contribution >= 4 is 33.0 Å². The zero-order valence-electron chi connectivity index (χ0n) is 11.3. The molecule has 0 unspecified atom stereocenters. The number of nitrogen functional groups attached to an aromatic ring is 1. The SMILES string of the molecule is CCC1(NC(=O)c2sc3cccc(F)c3c2N)CCC1. The molecule has 2 aromatic rings. The minimum absolute atomic E-state index is 0.0851. The number of carbonyl (C=O) groups excluding carboxylic acids is 1. The number of amides is 1. The maximum Gasteiger partial charge on any atom is 0.263 e. The zero-order valence-corrected chi connectivity index (χ0v) is 12.1. The molecule has 1 fully saturated rings. The molecular weight excluding hydrogens is 275 g/mol. The fourth-order valence-electron chi connectivity index (χ4n) is 2.77. The van der Waals surface area contributed by atoms with Gasteiger partial charge in [-0.15, -0.1) is 11.3 Å². The molecule has 5 heteroatoms. The van der Waals surface area contributed by atoms with Crippen LogP contribution >= 0.6 is 11.3 Å². The standard InChI is InChI=1S/C15H17FN2OS/c1-2-15(7-4-8-15)18-14(19)13-12(17)11-9(16)5-3-6-10(11)20-13/h3,5-6H,2,4,7-8,17H2,1H3,(H,18,19). The summed E-state index contributed by atoms with van der Waals surface area (Å²) in [5, 5.41) is 3.45. The number of carbonyl (C=O) groups is 1. The van der Waals surface area contributed by atoms with E-state index in [1.807, 2.05) is 0 Å². The van der Waals surface area contributed by atoms with E-state index in [0.717, 1.165) is 25.7 Å². The van der Waals surface area contributed by atoms with Crippen molar-refractivity contribution in [2.75, 3.05) is 5.73 Å². The van der Waals surface area contributed by atoms with Crippen molar-refractivity contribution in [1.29, 1.82) is 0 Å². The Morgan fingerprint density at radius 2 is 2.25 bits per heavy atom. The van der Waals surface area contributed by atoms with Crippen molar-refractivity contribution in [1.82, 2.24) is 5.32 Å². The summed E-state index contributed by atoms with van der Waals surface area (Å²) < 4.78 is 14.5.